The summed E-state index contributed by atoms with van der Waals surface area (Å²) in [5.74, 6) is 2.22. The van der Waals surface area contributed by atoms with Gasteiger partial charge >= 0.3 is 0 Å². The number of rotatable bonds is 2. The van der Waals surface area contributed by atoms with Gasteiger partial charge in [0.25, 0.3) is 0 Å². The van der Waals surface area contributed by atoms with E-state index < -0.39 is 0 Å². The zero-order valence-corrected chi connectivity index (χ0v) is 12.1. The average Bonchev–Trinajstić information content (AvgIpc) is 2.46. The highest BCUT2D eigenvalue weighted by molar-refractivity contribution is 6.33. The molecule has 1 aromatic rings. The minimum atomic E-state index is 0.581. The zero-order chi connectivity index (χ0) is 13.2. The quantitative estimate of drug-likeness (QED) is 0.904. The zero-order valence-electron chi connectivity index (χ0n) is 11.3. The standard InChI is InChI=1S/C15H20ClNO2/c1-10-12(7-11-3-2-4-17-9-11)8-13-15(14(10)16)19-6-5-18-13/h8,11,17H,2-7,9H2,1H3. The molecule has 0 aliphatic carbocycles. The minimum Gasteiger partial charge on any atom is -0.486 e. The van der Waals surface area contributed by atoms with Crippen molar-refractivity contribution in [1.29, 1.82) is 0 Å². The second kappa shape index (κ2) is 5.59. The number of hydrogen-bond donors (Lipinski definition) is 1. The van der Waals surface area contributed by atoms with E-state index in [9.17, 15) is 0 Å². The molecule has 0 radical (unpaired) electrons. The first-order valence-corrected chi connectivity index (χ1v) is 7.42. The van der Waals surface area contributed by atoms with Crippen molar-refractivity contribution >= 4 is 11.6 Å². The van der Waals surface area contributed by atoms with Crippen molar-refractivity contribution < 1.29 is 9.47 Å². The molecule has 1 saturated heterocycles. The first-order chi connectivity index (χ1) is 9.25. The molecule has 19 heavy (non-hydrogen) atoms. The van der Waals surface area contributed by atoms with Gasteiger partial charge in [-0.15, -0.1) is 0 Å². The van der Waals surface area contributed by atoms with E-state index in [4.69, 9.17) is 21.1 Å². The van der Waals surface area contributed by atoms with Crippen LogP contribution in [0.3, 0.4) is 0 Å². The molecule has 2 aliphatic heterocycles. The van der Waals surface area contributed by atoms with Gasteiger partial charge in [-0.3, -0.25) is 0 Å². The molecule has 0 amide bonds. The van der Waals surface area contributed by atoms with Gasteiger partial charge in [-0.05, 0) is 62.4 Å². The van der Waals surface area contributed by atoms with Crippen molar-refractivity contribution in [2.75, 3.05) is 26.3 Å². The molecule has 104 valence electrons. The first kappa shape index (κ1) is 13.1. The van der Waals surface area contributed by atoms with E-state index in [0.717, 1.165) is 41.6 Å². The van der Waals surface area contributed by atoms with Gasteiger partial charge in [-0.25, -0.2) is 0 Å². The van der Waals surface area contributed by atoms with Crippen molar-refractivity contribution in [3.8, 4) is 11.5 Å². The summed E-state index contributed by atoms with van der Waals surface area (Å²) in [6, 6.07) is 2.12. The van der Waals surface area contributed by atoms with E-state index in [1.807, 2.05) is 0 Å². The molecule has 3 nitrogen and oxygen atoms in total. The molecule has 0 spiro atoms. The number of ether oxygens (including phenoxy) is 2. The van der Waals surface area contributed by atoms with Crippen molar-refractivity contribution in [2.45, 2.75) is 26.2 Å². The lowest BCUT2D eigenvalue weighted by molar-refractivity contribution is 0.171. The maximum absolute atomic E-state index is 6.41. The predicted octanol–water partition coefficient (Wildman–Crippen LogP) is 2.96. The fourth-order valence-corrected chi connectivity index (χ4v) is 3.18. The molecule has 3 rings (SSSR count). The molecule has 0 saturated carbocycles. The van der Waals surface area contributed by atoms with Crippen molar-refractivity contribution in [3.05, 3.63) is 22.2 Å². The van der Waals surface area contributed by atoms with Gasteiger partial charge in [-0.1, -0.05) is 11.6 Å². The van der Waals surface area contributed by atoms with Crippen LogP contribution in [0.25, 0.3) is 0 Å². The van der Waals surface area contributed by atoms with Gasteiger partial charge < -0.3 is 14.8 Å². The Hall–Kier alpha value is -0.930. The summed E-state index contributed by atoms with van der Waals surface area (Å²) < 4.78 is 11.3. The highest BCUT2D eigenvalue weighted by Gasteiger charge is 2.22. The topological polar surface area (TPSA) is 30.5 Å². The lowest BCUT2D eigenvalue weighted by atomic mass is 9.90. The van der Waals surface area contributed by atoms with E-state index in [0.29, 0.717) is 19.1 Å². The third-order valence-electron chi connectivity index (χ3n) is 4.03. The van der Waals surface area contributed by atoms with Gasteiger partial charge in [0, 0.05) is 0 Å². The van der Waals surface area contributed by atoms with Gasteiger partial charge in [0.05, 0.1) is 5.02 Å². The average molecular weight is 282 g/mol. The minimum absolute atomic E-state index is 0.581. The summed E-state index contributed by atoms with van der Waals surface area (Å²) in [7, 11) is 0. The van der Waals surface area contributed by atoms with E-state index in [1.165, 1.54) is 18.4 Å². The normalized spacial score (nSPS) is 22.3. The van der Waals surface area contributed by atoms with Crippen LogP contribution in [0.15, 0.2) is 6.07 Å². The van der Waals surface area contributed by atoms with Crippen LogP contribution in [0.5, 0.6) is 11.5 Å². The monoisotopic (exact) mass is 281 g/mol. The van der Waals surface area contributed by atoms with Gasteiger partial charge in [0.2, 0.25) is 0 Å². The number of nitrogens with one attached hydrogen (secondary N) is 1. The second-order valence-electron chi connectivity index (χ2n) is 5.42. The molecule has 1 aromatic carbocycles. The number of hydrogen-bond acceptors (Lipinski definition) is 3. The Bertz CT molecular complexity index is 470. The Morgan fingerprint density at radius 2 is 2.21 bits per heavy atom. The van der Waals surface area contributed by atoms with Gasteiger partial charge in [-0.2, -0.15) is 0 Å². The summed E-state index contributed by atoms with van der Waals surface area (Å²) in [5, 5.41) is 4.18. The van der Waals surface area contributed by atoms with Crippen LogP contribution < -0.4 is 14.8 Å². The number of fused-ring (bicyclic) bond motifs is 1. The van der Waals surface area contributed by atoms with E-state index in [1.54, 1.807) is 0 Å². The molecule has 2 heterocycles. The molecule has 1 N–H and O–H groups in total. The molecule has 1 atom stereocenters. The lowest BCUT2D eigenvalue weighted by Crippen LogP contribution is -2.31. The second-order valence-corrected chi connectivity index (χ2v) is 5.79. The Morgan fingerprint density at radius 1 is 1.37 bits per heavy atom. The lowest BCUT2D eigenvalue weighted by Gasteiger charge is -2.26. The van der Waals surface area contributed by atoms with Crippen LogP contribution in [-0.2, 0) is 6.42 Å². The predicted molar refractivity (Wildman–Crippen MR) is 76.5 cm³/mol. The van der Waals surface area contributed by atoms with Crippen LogP contribution in [0.1, 0.15) is 24.0 Å². The summed E-state index contributed by atoms with van der Waals surface area (Å²) in [5.41, 5.74) is 2.43. The maximum atomic E-state index is 6.41. The number of halogens is 1. The Balaban J connectivity index is 1.86. The highest BCUT2D eigenvalue weighted by Crippen LogP contribution is 2.41. The molecular formula is C15H20ClNO2. The van der Waals surface area contributed by atoms with Gasteiger partial charge in [0.1, 0.15) is 13.2 Å². The fourth-order valence-electron chi connectivity index (χ4n) is 2.91. The summed E-state index contributed by atoms with van der Waals surface area (Å²) in [4.78, 5) is 0. The van der Waals surface area contributed by atoms with E-state index >= 15 is 0 Å². The Morgan fingerprint density at radius 3 is 3.00 bits per heavy atom. The Kier molecular flexibility index (Phi) is 3.85. The first-order valence-electron chi connectivity index (χ1n) is 7.04. The molecule has 0 aromatic heterocycles. The molecule has 1 fully saturated rings. The molecule has 0 bridgehead atoms. The van der Waals surface area contributed by atoms with E-state index in [2.05, 4.69) is 18.3 Å². The highest BCUT2D eigenvalue weighted by atomic mass is 35.5. The number of benzene rings is 1. The SMILES string of the molecule is Cc1c(CC2CCCNC2)cc2c(c1Cl)OCCO2. The molecule has 2 aliphatic rings. The molecule has 4 heteroatoms. The van der Waals surface area contributed by atoms with Crippen molar-refractivity contribution in [3.63, 3.8) is 0 Å². The smallest absolute Gasteiger partial charge is 0.180 e. The third-order valence-corrected chi connectivity index (χ3v) is 4.49. The fraction of sp³-hybridized carbons (Fsp3) is 0.600. The number of piperidine rings is 1. The van der Waals surface area contributed by atoms with Crippen LogP contribution >= 0.6 is 11.6 Å². The largest absolute Gasteiger partial charge is 0.486 e. The maximum Gasteiger partial charge on any atom is 0.180 e. The summed E-state index contributed by atoms with van der Waals surface area (Å²) in [6.45, 7) is 5.52. The summed E-state index contributed by atoms with van der Waals surface area (Å²) in [6.07, 6.45) is 3.62. The molecule has 1 unspecified atom stereocenters. The Labute approximate surface area is 119 Å². The summed E-state index contributed by atoms with van der Waals surface area (Å²) >= 11 is 6.41. The van der Waals surface area contributed by atoms with Crippen LogP contribution in [0.2, 0.25) is 5.02 Å². The van der Waals surface area contributed by atoms with Crippen LogP contribution in [0.4, 0.5) is 0 Å². The van der Waals surface area contributed by atoms with Crippen LogP contribution in [0, 0.1) is 12.8 Å². The third kappa shape index (κ3) is 2.67. The van der Waals surface area contributed by atoms with E-state index in [-0.39, 0.29) is 0 Å². The van der Waals surface area contributed by atoms with Crippen molar-refractivity contribution in [1.82, 2.24) is 5.32 Å². The van der Waals surface area contributed by atoms with Crippen molar-refractivity contribution in [2.24, 2.45) is 5.92 Å². The molecular weight excluding hydrogens is 262 g/mol. The van der Waals surface area contributed by atoms with Crippen LogP contribution in [-0.4, -0.2) is 26.3 Å². The van der Waals surface area contributed by atoms with Gasteiger partial charge in [0.15, 0.2) is 11.5 Å².